The zero-order chi connectivity index (χ0) is 15.0. The van der Waals surface area contributed by atoms with Crippen LogP contribution in [0.5, 0.6) is 0 Å². The summed E-state index contributed by atoms with van der Waals surface area (Å²) in [5.74, 6) is -1.42. The maximum absolute atomic E-state index is 12.0. The Morgan fingerprint density at radius 3 is 2.40 bits per heavy atom. The molecule has 1 N–H and O–H groups in total. The molecule has 7 nitrogen and oxygen atoms in total. The molecule has 2 heterocycles. The van der Waals surface area contributed by atoms with Gasteiger partial charge in [-0.1, -0.05) is 13.8 Å². The van der Waals surface area contributed by atoms with Gasteiger partial charge >= 0.3 is 5.97 Å². The maximum Gasteiger partial charge on any atom is 0.360 e. The average Bonchev–Trinajstić information content (AvgIpc) is 2.68. The highest BCUT2D eigenvalue weighted by Gasteiger charge is 2.19. The molecule has 20 heavy (non-hydrogen) atoms. The first-order chi connectivity index (χ1) is 9.31. The molecule has 0 spiro atoms. The van der Waals surface area contributed by atoms with Crippen LogP contribution in [0.2, 0.25) is 0 Å². The zero-order valence-electron chi connectivity index (χ0n) is 11.8. The largest absolute Gasteiger partial charge is 0.476 e. The van der Waals surface area contributed by atoms with Crippen LogP contribution in [0, 0.1) is 6.92 Å². The third-order valence-corrected chi connectivity index (χ3v) is 3.01. The molecule has 0 radical (unpaired) electrons. The Bertz CT molecular complexity index is 728. The first-order valence-electron chi connectivity index (χ1n) is 6.19. The van der Waals surface area contributed by atoms with Gasteiger partial charge in [0.05, 0.1) is 11.9 Å². The van der Waals surface area contributed by atoms with Crippen LogP contribution >= 0.6 is 0 Å². The third kappa shape index (κ3) is 2.34. The molecule has 2 aromatic heterocycles. The predicted molar refractivity (Wildman–Crippen MR) is 72.4 cm³/mol. The van der Waals surface area contributed by atoms with Crippen molar-refractivity contribution in [3.8, 4) is 5.69 Å². The molecular formula is C13H16N4O3. The predicted octanol–water partition coefficient (Wildman–Crippen LogP) is 1.10. The van der Waals surface area contributed by atoms with Crippen LogP contribution < -0.4 is 5.43 Å². The summed E-state index contributed by atoms with van der Waals surface area (Å²) in [6.45, 7) is 5.47. The van der Waals surface area contributed by atoms with Crippen molar-refractivity contribution in [1.29, 1.82) is 0 Å². The summed E-state index contributed by atoms with van der Waals surface area (Å²) >= 11 is 0. The van der Waals surface area contributed by atoms with Crippen LogP contribution in [0.25, 0.3) is 5.69 Å². The van der Waals surface area contributed by atoms with Gasteiger partial charge in [-0.15, -0.1) is 0 Å². The Balaban J connectivity index is 2.75. The minimum Gasteiger partial charge on any atom is -0.476 e. The van der Waals surface area contributed by atoms with Crippen molar-refractivity contribution in [2.75, 3.05) is 0 Å². The summed E-state index contributed by atoms with van der Waals surface area (Å²) in [5.41, 5.74) is 0.761. The molecular weight excluding hydrogens is 260 g/mol. The van der Waals surface area contributed by atoms with E-state index in [1.54, 1.807) is 31.0 Å². The Morgan fingerprint density at radius 2 is 1.95 bits per heavy atom. The summed E-state index contributed by atoms with van der Waals surface area (Å²) in [5, 5.41) is 17.2. The number of aromatic carboxylic acids is 1. The number of carboxylic acid groups (broad SMARTS) is 1. The number of hydrogen-bond donors (Lipinski definition) is 1. The van der Waals surface area contributed by atoms with Crippen molar-refractivity contribution in [3.05, 3.63) is 39.6 Å². The van der Waals surface area contributed by atoms with E-state index >= 15 is 0 Å². The number of hydrogen-bond acceptors (Lipinski definition) is 4. The molecule has 2 rings (SSSR count). The van der Waals surface area contributed by atoms with Gasteiger partial charge < -0.3 is 5.11 Å². The molecule has 0 saturated carbocycles. The minimum absolute atomic E-state index is 0.0909. The van der Waals surface area contributed by atoms with Gasteiger partial charge in [0, 0.05) is 18.8 Å². The lowest BCUT2D eigenvalue weighted by molar-refractivity contribution is 0.0686. The maximum atomic E-state index is 12.0. The highest BCUT2D eigenvalue weighted by Crippen LogP contribution is 2.14. The van der Waals surface area contributed by atoms with Gasteiger partial charge in [0.25, 0.3) is 0 Å². The number of aryl methyl sites for hydroxylation is 2. The molecule has 0 bridgehead atoms. The van der Waals surface area contributed by atoms with Crippen molar-refractivity contribution in [2.24, 2.45) is 7.05 Å². The second-order valence-corrected chi connectivity index (χ2v) is 4.94. The van der Waals surface area contributed by atoms with Crippen LogP contribution in [0.4, 0.5) is 0 Å². The SMILES string of the molecule is Cc1nn(C)cc1-n1cc(C(C)C)c(=O)c(C(=O)O)n1. The molecule has 0 fully saturated rings. The van der Waals surface area contributed by atoms with E-state index in [9.17, 15) is 9.59 Å². The van der Waals surface area contributed by atoms with Crippen molar-refractivity contribution >= 4 is 5.97 Å². The Hall–Kier alpha value is -2.44. The molecule has 0 amide bonds. The molecule has 0 aliphatic carbocycles. The lowest BCUT2D eigenvalue weighted by Gasteiger charge is -2.10. The second kappa shape index (κ2) is 4.92. The smallest absolute Gasteiger partial charge is 0.360 e. The number of nitrogens with zero attached hydrogens (tertiary/aromatic N) is 4. The van der Waals surface area contributed by atoms with Gasteiger partial charge in [0.2, 0.25) is 11.1 Å². The first kappa shape index (κ1) is 14.0. The van der Waals surface area contributed by atoms with Gasteiger partial charge in [0.15, 0.2) is 0 Å². The Labute approximate surface area is 115 Å². The summed E-state index contributed by atoms with van der Waals surface area (Å²) in [7, 11) is 1.76. The monoisotopic (exact) mass is 276 g/mol. The van der Waals surface area contributed by atoms with Gasteiger partial charge in [-0.2, -0.15) is 10.2 Å². The zero-order valence-corrected chi connectivity index (χ0v) is 11.8. The first-order valence-corrected chi connectivity index (χ1v) is 6.19. The van der Waals surface area contributed by atoms with E-state index in [1.165, 1.54) is 4.68 Å². The highest BCUT2D eigenvalue weighted by molar-refractivity contribution is 5.85. The van der Waals surface area contributed by atoms with E-state index in [1.807, 2.05) is 13.8 Å². The quantitative estimate of drug-likeness (QED) is 0.906. The van der Waals surface area contributed by atoms with Crippen LogP contribution in [0.15, 0.2) is 17.2 Å². The highest BCUT2D eigenvalue weighted by atomic mass is 16.4. The van der Waals surface area contributed by atoms with E-state index in [2.05, 4.69) is 10.2 Å². The van der Waals surface area contributed by atoms with Crippen molar-refractivity contribution in [2.45, 2.75) is 26.7 Å². The number of carbonyl (C=O) groups is 1. The molecule has 106 valence electrons. The van der Waals surface area contributed by atoms with E-state index < -0.39 is 17.1 Å². The van der Waals surface area contributed by atoms with E-state index in [4.69, 9.17) is 5.11 Å². The normalized spacial score (nSPS) is 11.1. The van der Waals surface area contributed by atoms with Gasteiger partial charge in [-0.05, 0) is 12.8 Å². The summed E-state index contributed by atoms with van der Waals surface area (Å²) < 4.78 is 3.02. The molecule has 0 aromatic carbocycles. The Kier molecular flexibility index (Phi) is 3.44. The standard InChI is InChI=1S/C13H16N4O3/c1-7(2)9-5-17(10-6-16(4)14-8(10)3)15-11(12(9)18)13(19)20/h5-7H,1-4H3,(H,19,20). The van der Waals surface area contributed by atoms with Crippen LogP contribution in [0.3, 0.4) is 0 Å². The second-order valence-electron chi connectivity index (χ2n) is 4.94. The number of aromatic nitrogens is 4. The van der Waals surface area contributed by atoms with E-state index in [-0.39, 0.29) is 5.92 Å². The molecule has 0 aliphatic rings. The summed E-state index contributed by atoms with van der Waals surface area (Å²) in [6, 6.07) is 0. The average molecular weight is 276 g/mol. The Morgan fingerprint density at radius 1 is 1.30 bits per heavy atom. The van der Waals surface area contributed by atoms with Crippen molar-refractivity contribution < 1.29 is 9.90 Å². The van der Waals surface area contributed by atoms with Gasteiger partial charge in [0.1, 0.15) is 5.69 Å². The lowest BCUT2D eigenvalue weighted by Crippen LogP contribution is -2.25. The summed E-state index contributed by atoms with van der Waals surface area (Å²) in [6.07, 6.45) is 3.30. The number of carboxylic acids is 1. The topological polar surface area (TPSA) is 90.0 Å². The number of rotatable bonds is 3. The molecule has 0 aliphatic heterocycles. The fourth-order valence-electron chi connectivity index (χ4n) is 2.00. The fourth-order valence-corrected chi connectivity index (χ4v) is 2.00. The molecule has 0 saturated heterocycles. The van der Waals surface area contributed by atoms with Crippen molar-refractivity contribution in [1.82, 2.24) is 19.6 Å². The molecule has 2 aromatic rings. The fraction of sp³-hybridized carbons (Fsp3) is 0.385. The van der Waals surface area contributed by atoms with Gasteiger partial charge in [-0.25, -0.2) is 9.48 Å². The van der Waals surface area contributed by atoms with E-state index in [0.717, 1.165) is 0 Å². The molecule has 0 atom stereocenters. The molecule has 0 unspecified atom stereocenters. The molecule has 7 heteroatoms. The van der Waals surface area contributed by atoms with Crippen LogP contribution in [-0.2, 0) is 7.05 Å². The lowest BCUT2D eigenvalue weighted by atomic mass is 10.0. The third-order valence-electron chi connectivity index (χ3n) is 3.01. The van der Waals surface area contributed by atoms with Crippen molar-refractivity contribution in [3.63, 3.8) is 0 Å². The van der Waals surface area contributed by atoms with Gasteiger partial charge in [-0.3, -0.25) is 9.48 Å². The summed E-state index contributed by atoms with van der Waals surface area (Å²) in [4.78, 5) is 23.2. The minimum atomic E-state index is -1.33. The van der Waals surface area contributed by atoms with Crippen LogP contribution in [0.1, 0.15) is 41.5 Å². The van der Waals surface area contributed by atoms with E-state index in [0.29, 0.717) is 16.9 Å². The van der Waals surface area contributed by atoms with Crippen LogP contribution in [-0.4, -0.2) is 30.6 Å².